The van der Waals surface area contributed by atoms with Gasteiger partial charge in [0.05, 0.1) is 12.1 Å². The van der Waals surface area contributed by atoms with Crippen molar-refractivity contribution in [2.24, 2.45) is 0 Å². The van der Waals surface area contributed by atoms with E-state index in [1.807, 2.05) is 47.9 Å². The molecular weight excluding hydrogens is 519 g/mol. The van der Waals surface area contributed by atoms with Crippen LogP contribution in [0.4, 0.5) is 13.2 Å². The number of imidazole rings is 1. The summed E-state index contributed by atoms with van der Waals surface area (Å²) in [6.07, 6.45) is 0.144. The second-order valence-electron chi connectivity index (χ2n) is 10.0. The van der Waals surface area contributed by atoms with Gasteiger partial charge in [-0.15, -0.1) is 0 Å². The Labute approximate surface area is 227 Å². The van der Waals surface area contributed by atoms with Crippen LogP contribution in [-0.4, -0.2) is 24.7 Å². The number of H-pyrrole nitrogens is 1. The molecule has 5 aromatic rings. The first-order valence-electron chi connectivity index (χ1n) is 13.1. The highest BCUT2D eigenvalue weighted by Gasteiger charge is 2.35. The molecule has 0 saturated heterocycles. The molecular formula is C30H26F3N5O2. The summed E-state index contributed by atoms with van der Waals surface area (Å²) in [5, 5.41) is 3.82. The fraction of sp³-hybridized carbons (Fsp3) is 0.267. The standard InChI is InChI=1S/C30H26F3N5O2/c1-3-6-26-36-27-24(30(31,32)33)13-17(2)34-28(27)38(26)16-18-9-12-22-20(14-18)11-10-19-7-4-5-8-21(19)23(22)15-25-35-29(39)40-37-25/h4-5,7-9,12-15H,3,6,10-11,16H2,1-2H3,(H,35,37,39)/b23-15+. The first-order chi connectivity index (χ1) is 19.2. The average Bonchev–Trinajstić information content (AvgIpc) is 3.43. The second kappa shape index (κ2) is 9.93. The van der Waals surface area contributed by atoms with Gasteiger partial charge in [-0.3, -0.25) is 9.51 Å². The Bertz CT molecular complexity index is 1830. The van der Waals surface area contributed by atoms with E-state index < -0.39 is 17.5 Å². The summed E-state index contributed by atoms with van der Waals surface area (Å²) in [6, 6.07) is 15.3. The number of pyridine rings is 1. The topological polar surface area (TPSA) is 89.6 Å². The summed E-state index contributed by atoms with van der Waals surface area (Å²) in [4.78, 5) is 23.1. The number of rotatable bonds is 5. The molecule has 1 aliphatic rings. The Hall–Kier alpha value is -4.47. The predicted octanol–water partition coefficient (Wildman–Crippen LogP) is 6.12. The van der Waals surface area contributed by atoms with Crippen LogP contribution in [0.2, 0.25) is 0 Å². The van der Waals surface area contributed by atoms with Crippen LogP contribution in [-0.2, 0) is 32.0 Å². The first kappa shape index (κ1) is 25.8. The van der Waals surface area contributed by atoms with Crippen molar-refractivity contribution in [2.45, 2.75) is 52.3 Å². The SMILES string of the molecule is CCCc1nc2c(C(F)(F)F)cc(C)nc2n1Cc1ccc2c(c1)CCc1ccccc1/C2=C\c1noc(=O)[nH]1. The van der Waals surface area contributed by atoms with Gasteiger partial charge in [-0.05, 0) is 71.7 Å². The van der Waals surface area contributed by atoms with Gasteiger partial charge in [0.2, 0.25) is 0 Å². The number of alkyl halides is 3. The molecule has 0 radical (unpaired) electrons. The van der Waals surface area contributed by atoms with Crippen LogP contribution in [0.3, 0.4) is 0 Å². The third-order valence-electron chi connectivity index (χ3n) is 7.20. The van der Waals surface area contributed by atoms with Crippen LogP contribution >= 0.6 is 0 Å². The molecule has 3 aromatic heterocycles. The first-order valence-corrected chi connectivity index (χ1v) is 13.1. The van der Waals surface area contributed by atoms with Crippen LogP contribution in [0.25, 0.3) is 22.8 Å². The molecule has 0 bridgehead atoms. The molecule has 1 aliphatic carbocycles. The van der Waals surface area contributed by atoms with Crippen molar-refractivity contribution in [3.05, 3.63) is 110 Å². The van der Waals surface area contributed by atoms with Crippen LogP contribution in [0, 0.1) is 6.92 Å². The molecule has 2 aromatic carbocycles. The fourth-order valence-corrected chi connectivity index (χ4v) is 5.47. The number of hydrogen-bond acceptors (Lipinski definition) is 5. The Morgan fingerprint density at radius 3 is 2.58 bits per heavy atom. The molecule has 0 fully saturated rings. The highest BCUT2D eigenvalue weighted by Crippen LogP contribution is 2.37. The predicted molar refractivity (Wildman–Crippen MR) is 145 cm³/mol. The van der Waals surface area contributed by atoms with Crippen molar-refractivity contribution in [2.75, 3.05) is 0 Å². The number of fused-ring (bicyclic) bond motifs is 3. The van der Waals surface area contributed by atoms with E-state index in [-0.39, 0.29) is 11.2 Å². The quantitative estimate of drug-likeness (QED) is 0.287. The lowest BCUT2D eigenvalue weighted by Crippen LogP contribution is -2.09. The van der Waals surface area contributed by atoms with Crippen molar-refractivity contribution < 1.29 is 17.7 Å². The van der Waals surface area contributed by atoms with Gasteiger partial charge in [-0.2, -0.15) is 13.2 Å². The maximum absolute atomic E-state index is 13.9. The lowest BCUT2D eigenvalue weighted by Gasteiger charge is -2.14. The van der Waals surface area contributed by atoms with Gasteiger partial charge in [-0.1, -0.05) is 54.5 Å². The Morgan fingerprint density at radius 2 is 1.82 bits per heavy atom. The smallest absolute Gasteiger partial charge is 0.308 e. The third-order valence-corrected chi connectivity index (χ3v) is 7.20. The zero-order valence-corrected chi connectivity index (χ0v) is 22.0. The summed E-state index contributed by atoms with van der Waals surface area (Å²) in [5.41, 5.74) is 5.81. The molecule has 3 heterocycles. The van der Waals surface area contributed by atoms with E-state index in [0.29, 0.717) is 30.3 Å². The van der Waals surface area contributed by atoms with Crippen LogP contribution in [0.15, 0.2) is 57.8 Å². The van der Waals surface area contributed by atoms with Gasteiger partial charge >= 0.3 is 11.9 Å². The number of nitrogens with zero attached hydrogens (tertiary/aromatic N) is 4. The maximum atomic E-state index is 13.9. The van der Waals surface area contributed by atoms with Gasteiger partial charge in [0.15, 0.2) is 11.5 Å². The summed E-state index contributed by atoms with van der Waals surface area (Å²) in [7, 11) is 0. The average molecular weight is 546 g/mol. The zero-order valence-electron chi connectivity index (χ0n) is 22.0. The van der Waals surface area contributed by atoms with E-state index in [2.05, 4.69) is 32.2 Å². The van der Waals surface area contributed by atoms with E-state index in [0.717, 1.165) is 53.2 Å². The Morgan fingerprint density at radius 1 is 1.05 bits per heavy atom. The molecule has 1 N–H and O–H groups in total. The van der Waals surface area contributed by atoms with Crippen molar-refractivity contribution in [1.82, 2.24) is 24.7 Å². The van der Waals surface area contributed by atoms with Crippen molar-refractivity contribution in [3.8, 4) is 0 Å². The summed E-state index contributed by atoms with van der Waals surface area (Å²) in [5.74, 6) is 0.277. The number of nitrogens with one attached hydrogen (secondary N) is 1. The van der Waals surface area contributed by atoms with Crippen molar-refractivity contribution >= 4 is 22.8 Å². The molecule has 204 valence electrons. The molecule has 0 spiro atoms. The molecule has 10 heteroatoms. The normalized spacial score (nSPS) is 14.4. The van der Waals surface area contributed by atoms with Gasteiger partial charge < -0.3 is 4.57 Å². The van der Waals surface area contributed by atoms with Gasteiger partial charge in [0, 0.05) is 12.1 Å². The minimum absolute atomic E-state index is 0.112. The number of aryl methyl sites for hydroxylation is 4. The maximum Gasteiger partial charge on any atom is 0.439 e. The van der Waals surface area contributed by atoms with E-state index in [4.69, 9.17) is 4.52 Å². The molecule has 7 nitrogen and oxygen atoms in total. The molecule has 0 unspecified atom stereocenters. The second-order valence-corrected chi connectivity index (χ2v) is 10.0. The number of benzene rings is 2. The monoisotopic (exact) mass is 545 g/mol. The lowest BCUT2D eigenvalue weighted by atomic mass is 9.92. The van der Waals surface area contributed by atoms with E-state index in [1.54, 1.807) is 6.92 Å². The van der Waals surface area contributed by atoms with E-state index in [1.165, 1.54) is 5.56 Å². The highest BCUT2D eigenvalue weighted by molar-refractivity contribution is 5.93. The molecule has 0 saturated carbocycles. The molecule has 0 aliphatic heterocycles. The van der Waals surface area contributed by atoms with Gasteiger partial charge in [0.25, 0.3) is 0 Å². The zero-order chi connectivity index (χ0) is 28.0. The summed E-state index contributed by atoms with van der Waals surface area (Å²) < 4.78 is 48.1. The Balaban J connectivity index is 1.46. The number of aromatic amines is 1. The fourth-order valence-electron chi connectivity index (χ4n) is 5.47. The van der Waals surface area contributed by atoms with E-state index >= 15 is 0 Å². The van der Waals surface area contributed by atoms with Gasteiger partial charge in [0.1, 0.15) is 11.3 Å². The van der Waals surface area contributed by atoms with E-state index in [9.17, 15) is 18.0 Å². The largest absolute Gasteiger partial charge is 0.439 e. The molecule has 6 rings (SSSR count). The third kappa shape index (κ3) is 4.74. The summed E-state index contributed by atoms with van der Waals surface area (Å²) >= 11 is 0. The number of aromatic nitrogens is 5. The van der Waals surface area contributed by atoms with Crippen molar-refractivity contribution in [3.63, 3.8) is 0 Å². The molecule has 40 heavy (non-hydrogen) atoms. The number of hydrogen-bond donors (Lipinski definition) is 1. The lowest BCUT2D eigenvalue weighted by molar-refractivity contribution is -0.136. The van der Waals surface area contributed by atoms with Gasteiger partial charge in [-0.25, -0.2) is 14.8 Å². The molecule has 0 amide bonds. The minimum Gasteiger partial charge on any atom is -0.308 e. The minimum atomic E-state index is -4.52. The van der Waals surface area contributed by atoms with Crippen LogP contribution in [0.1, 0.15) is 64.1 Å². The number of halogens is 3. The van der Waals surface area contributed by atoms with Crippen LogP contribution < -0.4 is 5.76 Å². The summed E-state index contributed by atoms with van der Waals surface area (Å²) in [6.45, 7) is 3.89. The molecule has 0 atom stereocenters. The van der Waals surface area contributed by atoms with Crippen LogP contribution in [0.5, 0.6) is 0 Å². The van der Waals surface area contributed by atoms with Crippen molar-refractivity contribution in [1.29, 1.82) is 0 Å². The Kier molecular flexibility index (Phi) is 6.40. The highest BCUT2D eigenvalue weighted by atomic mass is 19.4.